The minimum absolute atomic E-state index is 0.437. The van der Waals surface area contributed by atoms with E-state index in [9.17, 15) is 0 Å². The molecule has 0 radical (unpaired) electrons. The van der Waals surface area contributed by atoms with Crippen molar-refractivity contribution in [2.45, 2.75) is 6.61 Å². The molecule has 8 heteroatoms. The van der Waals surface area contributed by atoms with Gasteiger partial charge in [0.05, 0.1) is 24.7 Å². The highest BCUT2D eigenvalue weighted by Crippen LogP contribution is 2.27. The molecular weight excluding hydrogens is 404 g/mol. The number of hydrogen-bond acceptors (Lipinski definition) is 7. The van der Waals surface area contributed by atoms with Crippen LogP contribution in [0.15, 0.2) is 66.2 Å². The van der Waals surface area contributed by atoms with Crippen LogP contribution in [0.2, 0.25) is 0 Å². The zero-order valence-corrected chi connectivity index (χ0v) is 17.1. The highest BCUT2D eigenvalue weighted by Gasteiger charge is 2.10. The normalized spacial score (nSPS) is 11.1. The van der Waals surface area contributed by atoms with Crippen LogP contribution in [0.25, 0.3) is 26.8 Å². The van der Waals surface area contributed by atoms with Crippen molar-refractivity contribution in [2.75, 3.05) is 7.11 Å². The summed E-state index contributed by atoms with van der Waals surface area (Å²) in [5.41, 5.74) is 3.92. The van der Waals surface area contributed by atoms with Gasteiger partial charge in [0.2, 0.25) is 4.96 Å². The molecule has 0 amide bonds. The molecule has 2 aromatic carbocycles. The fourth-order valence-corrected chi connectivity index (χ4v) is 4.38. The second-order valence-electron chi connectivity index (χ2n) is 6.25. The summed E-state index contributed by atoms with van der Waals surface area (Å²) in [7, 11) is 1.60. The molecular formula is C21H16N4O2S2. The predicted molar refractivity (Wildman–Crippen MR) is 115 cm³/mol. The molecule has 0 spiro atoms. The molecule has 29 heavy (non-hydrogen) atoms. The van der Waals surface area contributed by atoms with Gasteiger partial charge in [0.25, 0.3) is 5.19 Å². The van der Waals surface area contributed by atoms with Crippen molar-refractivity contribution in [1.82, 2.24) is 19.6 Å². The lowest BCUT2D eigenvalue weighted by Gasteiger charge is -2.05. The standard InChI is InChI=1S/C21H16N4O2S2/c1-26-21-24-25-11-18(23-20(25)29-21)14-7-9-17(10-8-14)27-12-16-13-28-19(22-16)15-5-3-2-4-6-15/h2-11,13H,12H2,1H3. The van der Waals surface area contributed by atoms with E-state index in [1.807, 2.05) is 54.0 Å². The number of methoxy groups -OCH3 is 1. The Bertz CT molecular complexity index is 1210. The average Bonchev–Trinajstić information content (AvgIpc) is 3.48. The van der Waals surface area contributed by atoms with Crippen LogP contribution in [0, 0.1) is 0 Å². The molecule has 0 saturated carbocycles. The lowest BCUT2D eigenvalue weighted by molar-refractivity contribution is 0.302. The van der Waals surface area contributed by atoms with Crippen molar-refractivity contribution in [3.05, 3.63) is 71.9 Å². The van der Waals surface area contributed by atoms with Gasteiger partial charge in [0.15, 0.2) is 0 Å². The molecule has 0 unspecified atom stereocenters. The largest absolute Gasteiger partial charge is 0.487 e. The molecule has 6 nitrogen and oxygen atoms in total. The first-order valence-corrected chi connectivity index (χ1v) is 10.6. The summed E-state index contributed by atoms with van der Waals surface area (Å²) in [6.45, 7) is 0.437. The van der Waals surface area contributed by atoms with Gasteiger partial charge in [-0.25, -0.2) is 14.5 Å². The SMILES string of the molecule is COc1nn2cc(-c3ccc(OCc4csc(-c5ccccc5)n4)cc3)nc2s1. The summed E-state index contributed by atoms with van der Waals surface area (Å²) in [6, 6.07) is 18.1. The van der Waals surface area contributed by atoms with Gasteiger partial charge in [-0.05, 0) is 35.6 Å². The third-order valence-electron chi connectivity index (χ3n) is 4.31. The van der Waals surface area contributed by atoms with Crippen LogP contribution in [-0.2, 0) is 6.61 Å². The van der Waals surface area contributed by atoms with E-state index in [0.717, 1.165) is 38.2 Å². The number of thiazole rings is 1. The van der Waals surface area contributed by atoms with Crippen LogP contribution in [0.5, 0.6) is 10.9 Å². The summed E-state index contributed by atoms with van der Waals surface area (Å²) < 4.78 is 12.8. The van der Waals surface area contributed by atoms with Crippen LogP contribution in [0.1, 0.15) is 5.69 Å². The number of ether oxygens (including phenoxy) is 2. The van der Waals surface area contributed by atoms with Crippen LogP contribution in [-0.4, -0.2) is 26.7 Å². The Labute approximate surface area is 175 Å². The molecule has 0 saturated heterocycles. The van der Waals surface area contributed by atoms with Gasteiger partial charge in [-0.1, -0.05) is 30.3 Å². The van der Waals surface area contributed by atoms with Crippen molar-refractivity contribution in [1.29, 1.82) is 0 Å². The highest BCUT2D eigenvalue weighted by molar-refractivity contribution is 7.18. The Morgan fingerprint density at radius 3 is 2.55 bits per heavy atom. The van der Waals surface area contributed by atoms with Gasteiger partial charge < -0.3 is 9.47 Å². The zero-order valence-electron chi connectivity index (χ0n) is 15.5. The molecule has 0 bridgehead atoms. The lowest BCUT2D eigenvalue weighted by atomic mass is 10.2. The number of benzene rings is 2. The fraction of sp³-hybridized carbons (Fsp3) is 0.0952. The Morgan fingerprint density at radius 1 is 0.966 bits per heavy atom. The van der Waals surface area contributed by atoms with Gasteiger partial charge in [-0.15, -0.1) is 16.4 Å². The second-order valence-corrected chi connectivity index (χ2v) is 8.03. The maximum Gasteiger partial charge on any atom is 0.294 e. The minimum atomic E-state index is 0.437. The summed E-state index contributed by atoms with van der Waals surface area (Å²) in [5.74, 6) is 0.795. The van der Waals surface area contributed by atoms with E-state index in [1.165, 1.54) is 11.3 Å². The monoisotopic (exact) mass is 420 g/mol. The molecule has 0 fully saturated rings. The minimum Gasteiger partial charge on any atom is -0.487 e. The van der Waals surface area contributed by atoms with Gasteiger partial charge in [0.1, 0.15) is 17.4 Å². The Balaban J connectivity index is 1.25. The smallest absolute Gasteiger partial charge is 0.294 e. The third kappa shape index (κ3) is 3.72. The molecule has 3 aromatic heterocycles. The first-order valence-electron chi connectivity index (χ1n) is 8.92. The van der Waals surface area contributed by atoms with E-state index >= 15 is 0 Å². The summed E-state index contributed by atoms with van der Waals surface area (Å²) in [6.07, 6.45) is 1.89. The number of hydrogen-bond donors (Lipinski definition) is 0. The Kier molecular flexibility index (Phi) is 4.71. The van der Waals surface area contributed by atoms with Gasteiger partial charge in [0, 0.05) is 16.5 Å². The average molecular weight is 421 g/mol. The first kappa shape index (κ1) is 17.8. The lowest BCUT2D eigenvalue weighted by Crippen LogP contribution is -1.95. The number of rotatable bonds is 6. The van der Waals surface area contributed by atoms with Crippen molar-refractivity contribution >= 4 is 27.6 Å². The maximum atomic E-state index is 5.90. The molecule has 144 valence electrons. The molecule has 0 N–H and O–H groups in total. The van der Waals surface area contributed by atoms with Crippen LogP contribution < -0.4 is 9.47 Å². The van der Waals surface area contributed by atoms with E-state index in [0.29, 0.717) is 11.8 Å². The topological polar surface area (TPSA) is 61.5 Å². The summed E-state index contributed by atoms with van der Waals surface area (Å²) in [5, 5.41) is 7.94. The molecule has 3 heterocycles. The van der Waals surface area contributed by atoms with Crippen LogP contribution in [0.3, 0.4) is 0 Å². The van der Waals surface area contributed by atoms with Crippen molar-refractivity contribution in [3.8, 4) is 32.8 Å². The molecule has 0 aliphatic carbocycles. The van der Waals surface area contributed by atoms with Gasteiger partial charge >= 0.3 is 0 Å². The fourth-order valence-electron chi connectivity index (χ4n) is 2.87. The van der Waals surface area contributed by atoms with E-state index in [-0.39, 0.29) is 0 Å². The third-order valence-corrected chi connectivity index (χ3v) is 6.13. The number of aromatic nitrogens is 4. The van der Waals surface area contributed by atoms with Crippen molar-refractivity contribution < 1.29 is 9.47 Å². The molecule has 0 aliphatic heterocycles. The van der Waals surface area contributed by atoms with Gasteiger partial charge in [-0.3, -0.25) is 0 Å². The zero-order chi connectivity index (χ0) is 19.6. The van der Waals surface area contributed by atoms with Crippen molar-refractivity contribution in [2.24, 2.45) is 0 Å². The van der Waals surface area contributed by atoms with Gasteiger partial charge in [-0.2, -0.15) is 0 Å². The van der Waals surface area contributed by atoms with E-state index in [2.05, 4.69) is 27.2 Å². The van der Waals surface area contributed by atoms with E-state index < -0.39 is 0 Å². The molecule has 0 atom stereocenters. The number of nitrogens with zero attached hydrogens (tertiary/aromatic N) is 4. The van der Waals surface area contributed by atoms with Crippen LogP contribution in [0.4, 0.5) is 0 Å². The van der Waals surface area contributed by atoms with E-state index in [1.54, 1.807) is 23.0 Å². The molecule has 0 aliphatic rings. The second kappa shape index (κ2) is 7.65. The Hall–Kier alpha value is -3.23. The van der Waals surface area contributed by atoms with Crippen LogP contribution >= 0.6 is 22.7 Å². The predicted octanol–water partition coefficient (Wildman–Crippen LogP) is 5.17. The number of imidazole rings is 1. The highest BCUT2D eigenvalue weighted by atomic mass is 32.1. The summed E-state index contributed by atoms with van der Waals surface area (Å²) in [4.78, 5) is 10.1. The first-order chi connectivity index (χ1) is 14.3. The molecule has 5 aromatic rings. The quantitative estimate of drug-likeness (QED) is 0.379. The summed E-state index contributed by atoms with van der Waals surface area (Å²) >= 11 is 3.04. The van der Waals surface area contributed by atoms with E-state index in [4.69, 9.17) is 9.47 Å². The Morgan fingerprint density at radius 2 is 1.79 bits per heavy atom. The number of fused-ring (bicyclic) bond motifs is 1. The maximum absolute atomic E-state index is 5.90. The molecule has 5 rings (SSSR count). The van der Waals surface area contributed by atoms with Crippen molar-refractivity contribution in [3.63, 3.8) is 0 Å².